The minimum Gasteiger partial charge on any atom is -0.481 e. The highest BCUT2D eigenvalue weighted by molar-refractivity contribution is 5.81. The van der Waals surface area contributed by atoms with Crippen LogP contribution < -0.4 is 5.32 Å². The Morgan fingerprint density at radius 2 is 1.50 bits per heavy atom. The predicted octanol–water partition coefficient (Wildman–Crippen LogP) is 0.461. The topological polar surface area (TPSA) is 124 Å². The summed E-state index contributed by atoms with van der Waals surface area (Å²) in [6.45, 7) is 3.01. The van der Waals surface area contributed by atoms with Crippen LogP contribution in [-0.4, -0.2) is 58.5 Å². The van der Waals surface area contributed by atoms with Crippen molar-refractivity contribution < 1.29 is 29.4 Å². The Labute approximate surface area is 129 Å². The Morgan fingerprint density at radius 3 is 2.05 bits per heavy atom. The molecule has 0 aromatic carbocycles. The maximum atomic E-state index is 11.9. The molecule has 0 heterocycles. The third-order valence-electron chi connectivity index (χ3n) is 2.96. The summed E-state index contributed by atoms with van der Waals surface area (Å²) in [5.74, 6) is -2.69. The van der Waals surface area contributed by atoms with Gasteiger partial charge in [-0.3, -0.25) is 19.2 Å². The number of hydrogen-bond donors (Lipinski definition) is 3. The van der Waals surface area contributed by atoms with Crippen LogP contribution in [0.1, 0.15) is 45.4 Å². The van der Waals surface area contributed by atoms with Gasteiger partial charge in [-0.2, -0.15) is 0 Å². The first-order valence-electron chi connectivity index (χ1n) is 7.34. The number of rotatable bonds is 12. The molecule has 126 valence electrons. The van der Waals surface area contributed by atoms with Crippen molar-refractivity contribution in [3.63, 3.8) is 0 Å². The largest absolute Gasteiger partial charge is 0.481 e. The summed E-state index contributed by atoms with van der Waals surface area (Å²) in [6, 6.07) is 0. The van der Waals surface area contributed by atoms with Gasteiger partial charge in [0.1, 0.15) is 0 Å². The number of carbonyl (C=O) groups is 4. The third kappa shape index (κ3) is 10.6. The molecule has 8 nitrogen and oxygen atoms in total. The molecule has 0 radical (unpaired) electrons. The number of carbonyl (C=O) groups excluding carboxylic acids is 2. The fourth-order valence-corrected chi connectivity index (χ4v) is 1.72. The zero-order chi connectivity index (χ0) is 17.0. The van der Waals surface area contributed by atoms with E-state index in [1.165, 1.54) is 4.90 Å². The molecule has 2 amide bonds. The van der Waals surface area contributed by atoms with Crippen LogP contribution >= 0.6 is 0 Å². The molecule has 3 N–H and O–H groups in total. The van der Waals surface area contributed by atoms with Crippen molar-refractivity contribution in [1.82, 2.24) is 10.2 Å². The number of amides is 2. The van der Waals surface area contributed by atoms with E-state index in [1.54, 1.807) is 0 Å². The molecule has 22 heavy (non-hydrogen) atoms. The van der Waals surface area contributed by atoms with Crippen molar-refractivity contribution >= 4 is 23.8 Å². The Balaban J connectivity index is 4.17. The second kappa shape index (κ2) is 11.5. The Hall–Kier alpha value is -2.12. The van der Waals surface area contributed by atoms with Gasteiger partial charge in [-0.15, -0.1) is 0 Å². The van der Waals surface area contributed by atoms with E-state index < -0.39 is 11.9 Å². The van der Waals surface area contributed by atoms with Crippen molar-refractivity contribution in [1.29, 1.82) is 0 Å². The molecule has 0 unspecified atom stereocenters. The van der Waals surface area contributed by atoms with Crippen LogP contribution in [0.25, 0.3) is 0 Å². The number of aliphatic carboxylic acids is 2. The molecular formula is C14H24N2O6. The highest BCUT2D eigenvalue weighted by atomic mass is 16.4. The van der Waals surface area contributed by atoms with E-state index in [9.17, 15) is 19.2 Å². The smallest absolute Gasteiger partial charge is 0.303 e. The molecular weight excluding hydrogens is 292 g/mol. The predicted molar refractivity (Wildman–Crippen MR) is 78.2 cm³/mol. The fourth-order valence-electron chi connectivity index (χ4n) is 1.72. The molecule has 0 spiro atoms. The molecule has 0 aromatic rings. The van der Waals surface area contributed by atoms with E-state index in [2.05, 4.69) is 5.32 Å². The van der Waals surface area contributed by atoms with Gasteiger partial charge in [0.05, 0.1) is 12.8 Å². The van der Waals surface area contributed by atoms with Crippen molar-refractivity contribution in [2.24, 2.45) is 0 Å². The number of carboxylic acids is 2. The molecule has 0 aliphatic carbocycles. The molecule has 0 atom stereocenters. The van der Waals surface area contributed by atoms with Crippen LogP contribution in [-0.2, 0) is 19.2 Å². The lowest BCUT2D eigenvalue weighted by Crippen LogP contribution is -2.39. The number of unbranched alkanes of at least 4 members (excludes halogenated alkanes) is 1. The van der Waals surface area contributed by atoms with Crippen LogP contribution in [0.4, 0.5) is 0 Å². The molecule has 8 heteroatoms. The molecule has 0 aliphatic heterocycles. The van der Waals surface area contributed by atoms with Crippen molar-refractivity contribution in [3.05, 3.63) is 0 Å². The molecule has 0 saturated carbocycles. The van der Waals surface area contributed by atoms with Crippen LogP contribution in [0, 0.1) is 0 Å². The first-order chi connectivity index (χ1) is 10.4. The van der Waals surface area contributed by atoms with Gasteiger partial charge in [-0.1, -0.05) is 13.3 Å². The van der Waals surface area contributed by atoms with Crippen LogP contribution in [0.5, 0.6) is 0 Å². The lowest BCUT2D eigenvalue weighted by Gasteiger charge is -2.22. The summed E-state index contributed by atoms with van der Waals surface area (Å²) >= 11 is 0. The minimum atomic E-state index is -1.04. The maximum Gasteiger partial charge on any atom is 0.303 e. The third-order valence-corrected chi connectivity index (χ3v) is 2.96. The van der Waals surface area contributed by atoms with E-state index >= 15 is 0 Å². The monoisotopic (exact) mass is 316 g/mol. The highest BCUT2D eigenvalue weighted by Gasteiger charge is 2.14. The first kappa shape index (κ1) is 19.9. The Bertz CT molecular complexity index is 397. The summed E-state index contributed by atoms with van der Waals surface area (Å²) in [7, 11) is 0. The highest BCUT2D eigenvalue weighted by Crippen LogP contribution is 2.01. The van der Waals surface area contributed by atoms with Gasteiger partial charge in [0.25, 0.3) is 0 Å². The van der Waals surface area contributed by atoms with E-state index in [0.29, 0.717) is 6.54 Å². The van der Waals surface area contributed by atoms with Gasteiger partial charge in [0.15, 0.2) is 0 Å². The molecule has 0 rings (SSSR count). The van der Waals surface area contributed by atoms with Gasteiger partial charge in [0, 0.05) is 32.5 Å². The van der Waals surface area contributed by atoms with Gasteiger partial charge < -0.3 is 20.4 Å². The van der Waals surface area contributed by atoms with Crippen LogP contribution in [0.15, 0.2) is 0 Å². The van der Waals surface area contributed by atoms with Crippen LogP contribution in [0.3, 0.4) is 0 Å². The number of hydrogen-bond acceptors (Lipinski definition) is 4. The van der Waals surface area contributed by atoms with E-state index in [0.717, 1.165) is 12.8 Å². The van der Waals surface area contributed by atoms with Crippen molar-refractivity contribution in [2.75, 3.05) is 19.6 Å². The number of nitrogens with one attached hydrogen (secondary N) is 1. The molecule has 0 fully saturated rings. The molecule has 0 saturated heterocycles. The summed E-state index contributed by atoms with van der Waals surface area (Å²) in [6.07, 6.45) is 1.08. The maximum absolute atomic E-state index is 11.9. The number of carboxylic acid groups (broad SMARTS) is 2. The van der Waals surface area contributed by atoms with Crippen LogP contribution in [0.2, 0.25) is 0 Å². The lowest BCUT2D eigenvalue weighted by atomic mass is 10.2. The Morgan fingerprint density at radius 1 is 0.909 bits per heavy atom. The molecule has 0 bridgehead atoms. The second-order valence-corrected chi connectivity index (χ2v) is 4.87. The molecule has 0 aromatic heterocycles. The summed E-state index contributed by atoms with van der Waals surface area (Å²) in [5.41, 5.74) is 0. The number of nitrogens with zero attached hydrogens (tertiary/aromatic N) is 1. The Kier molecular flexibility index (Phi) is 10.4. The van der Waals surface area contributed by atoms with Gasteiger partial charge in [-0.05, 0) is 6.42 Å². The van der Waals surface area contributed by atoms with E-state index in [-0.39, 0.29) is 50.6 Å². The summed E-state index contributed by atoms with van der Waals surface area (Å²) < 4.78 is 0. The fraction of sp³-hybridized carbons (Fsp3) is 0.714. The standard InChI is InChI=1S/C14H24N2O6/c1-2-3-9-16(12(18)5-7-14(21)22)10-8-15-11(17)4-6-13(19)20/h2-10H2,1H3,(H,15,17)(H,19,20)(H,21,22). The van der Waals surface area contributed by atoms with E-state index in [1.807, 2.05) is 6.92 Å². The first-order valence-corrected chi connectivity index (χ1v) is 7.34. The van der Waals surface area contributed by atoms with Crippen molar-refractivity contribution in [2.45, 2.75) is 45.4 Å². The average Bonchev–Trinajstić information content (AvgIpc) is 2.46. The van der Waals surface area contributed by atoms with Gasteiger partial charge >= 0.3 is 11.9 Å². The van der Waals surface area contributed by atoms with Gasteiger partial charge in [-0.25, -0.2) is 0 Å². The zero-order valence-electron chi connectivity index (χ0n) is 12.8. The lowest BCUT2D eigenvalue weighted by molar-refractivity contribution is -0.141. The quantitative estimate of drug-likeness (QED) is 0.480. The second-order valence-electron chi connectivity index (χ2n) is 4.87. The summed E-state index contributed by atoms with van der Waals surface area (Å²) in [4.78, 5) is 45.7. The van der Waals surface area contributed by atoms with Gasteiger partial charge in [0.2, 0.25) is 11.8 Å². The van der Waals surface area contributed by atoms with Crippen molar-refractivity contribution in [3.8, 4) is 0 Å². The normalized spacial score (nSPS) is 10.0. The molecule has 0 aliphatic rings. The SMILES string of the molecule is CCCCN(CCNC(=O)CCC(=O)O)C(=O)CCC(=O)O. The average molecular weight is 316 g/mol. The zero-order valence-corrected chi connectivity index (χ0v) is 12.8. The summed E-state index contributed by atoms with van der Waals surface area (Å²) in [5, 5.41) is 19.6. The van der Waals surface area contributed by atoms with E-state index in [4.69, 9.17) is 10.2 Å². The minimum absolute atomic E-state index is 0.0635.